The molecule has 7 nitrogen and oxygen atoms in total. The molecule has 4 rings (SSSR count). The van der Waals surface area contributed by atoms with E-state index in [1.165, 1.54) is 0 Å². The number of aryl methyl sites for hydroxylation is 1. The molecule has 1 amide bonds. The first-order valence-electron chi connectivity index (χ1n) is 12.4. The Bertz CT molecular complexity index is 1280. The third-order valence-electron chi connectivity index (χ3n) is 6.56. The van der Waals surface area contributed by atoms with Crippen molar-refractivity contribution in [2.75, 3.05) is 39.4 Å². The molecule has 1 aliphatic heterocycles. The van der Waals surface area contributed by atoms with Crippen molar-refractivity contribution in [1.82, 2.24) is 9.80 Å². The van der Waals surface area contributed by atoms with Crippen LogP contribution in [0.2, 0.25) is 0 Å². The molecule has 2 aromatic carbocycles. The first-order valence-corrected chi connectivity index (χ1v) is 12.4. The van der Waals surface area contributed by atoms with Gasteiger partial charge < -0.3 is 23.7 Å². The molecule has 0 bridgehead atoms. The third kappa shape index (κ3) is 4.65. The van der Waals surface area contributed by atoms with Gasteiger partial charge in [-0.1, -0.05) is 31.5 Å². The second-order valence-corrected chi connectivity index (χ2v) is 8.67. The normalized spacial score (nSPS) is 15.2. The molecule has 0 saturated heterocycles. The van der Waals surface area contributed by atoms with Crippen molar-refractivity contribution < 1.29 is 18.7 Å². The minimum absolute atomic E-state index is 0.128. The van der Waals surface area contributed by atoms with Crippen molar-refractivity contribution in [3.05, 3.63) is 69.1 Å². The van der Waals surface area contributed by atoms with Gasteiger partial charge >= 0.3 is 0 Å². The highest BCUT2D eigenvalue weighted by Gasteiger charge is 2.43. The molecule has 2 heterocycles. The second kappa shape index (κ2) is 10.5. The molecule has 7 heteroatoms. The first-order chi connectivity index (χ1) is 16.9. The smallest absolute Gasteiger partial charge is 0.290 e. The number of carbonyl (C=O) groups excluding carboxylic acids is 1. The summed E-state index contributed by atoms with van der Waals surface area (Å²) < 4.78 is 17.7. The van der Waals surface area contributed by atoms with Gasteiger partial charge in [-0.15, -0.1) is 0 Å². The molecule has 35 heavy (non-hydrogen) atoms. The lowest BCUT2D eigenvalue weighted by Gasteiger charge is -2.28. The molecule has 1 aliphatic rings. The molecule has 1 unspecified atom stereocenters. The first kappa shape index (κ1) is 24.8. The third-order valence-corrected chi connectivity index (χ3v) is 6.56. The van der Waals surface area contributed by atoms with Crippen LogP contribution in [0.25, 0.3) is 11.0 Å². The Kier molecular flexibility index (Phi) is 7.45. The predicted molar refractivity (Wildman–Crippen MR) is 137 cm³/mol. The number of rotatable bonds is 10. The highest BCUT2D eigenvalue weighted by Crippen LogP contribution is 2.41. The zero-order valence-electron chi connectivity index (χ0n) is 21.2. The average molecular weight is 479 g/mol. The summed E-state index contributed by atoms with van der Waals surface area (Å²) in [4.78, 5) is 31.4. The number of hydrogen-bond acceptors (Lipinski definition) is 6. The number of ether oxygens (including phenoxy) is 2. The van der Waals surface area contributed by atoms with E-state index in [0.717, 1.165) is 24.2 Å². The van der Waals surface area contributed by atoms with Crippen molar-refractivity contribution in [2.45, 2.75) is 40.7 Å². The van der Waals surface area contributed by atoms with Gasteiger partial charge in [0.2, 0.25) is 5.76 Å². The number of hydrogen-bond donors (Lipinski definition) is 0. The lowest BCUT2D eigenvalue weighted by molar-refractivity contribution is 0.0708. The number of nitrogens with zero attached hydrogens (tertiary/aromatic N) is 2. The second-order valence-electron chi connectivity index (χ2n) is 8.67. The van der Waals surface area contributed by atoms with Gasteiger partial charge in [-0.3, -0.25) is 9.59 Å². The Labute approximate surface area is 206 Å². The van der Waals surface area contributed by atoms with Crippen LogP contribution in [0.4, 0.5) is 0 Å². The topological polar surface area (TPSA) is 72.2 Å². The molecular formula is C28H34N2O5. The summed E-state index contributed by atoms with van der Waals surface area (Å²) >= 11 is 0. The Morgan fingerprint density at radius 1 is 0.943 bits per heavy atom. The highest BCUT2D eigenvalue weighted by atomic mass is 16.5. The lowest BCUT2D eigenvalue weighted by Crippen LogP contribution is -2.37. The van der Waals surface area contributed by atoms with E-state index in [1.54, 1.807) is 11.0 Å². The van der Waals surface area contributed by atoms with Crippen LogP contribution in [-0.4, -0.2) is 55.1 Å². The number of fused-ring (bicyclic) bond motifs is 2. The molecule has 0 fully saturated rings. The molecule has 0 saturated carbocycles. The lowest BCUT2D eigenvalue weighted by atomic mass is 9.97. The monoisotopic (exact) mass is 478 g/mol. The van der Waals surface area contributed by atoms with Gasteiger partial charge in [0.1, 0.15) is 5.58 Å². The van der Waals surface area contributed by atoms with Crippen LogP contribution >= 0.6 is 0 Å². The van der Waals surface area contributed by atoms with E-state index in [4.69, 9.17) is 13.9 Å². The number of benzene rings is 2. The van der Waals surface area contributed by atoms with E-state index in [2.05, 4.69) is 18.7 Å². The SMILES string of the molecule is CCOc1ccc(C2c3c(oc4ccc(C)cc4c3=O)C(=O)N2CCN(CC)CC)cc1OCC. The van der Waals surface area contributed by atoms with Crippen LogP contribution in [0.5, 0.6) is 11.5 Å². The van der Waals surface area contributed by atoms with Crippen molar-refractivity contribution in [1.29, 1.82) is 0 Å². The average Bonchev–Trinajstić information content (AvgIpc) is 3.13. The van der Waals surface area contributed by atoms with Gasteiger partial charge in [0, 0.05) is 13.1 Å². The summed E-state index contributed by atoms with van der Waals surface area (Å²) in [6, 6.07) is 10.5. The maximum atomic E-state index is 13.8. The number of carbonyl (C=O) groups is 1. The molecule has 0 N–H and O–H groups in total. The number of amides is 1. The maximum absolute atomic E-state index is 13.8. The van der Waals surface area contributed by atoms with Crippen molar-refractivity contribution in [2.24, 2.45) is 0 Å². The van der Waals surface area contributed by atoms with Crippen LogP contribution in [0.15, 0.2) is 45.6 Å². The van der Waals surface area contributed by atoms with Crippen molar-refractivity contribution in [3.8, 4) is 11.5 Å². The van der Waals surface area contributed by atoms with Gasteiger partial charge in [0.15, 0.2) is 16.9 Å². The fraction of sp³-hybridized carbons (Fsp3) is 0.429. The minimum Gasteiger partial charge on any atom is -0.490 e. The quantitative estimate of drug-likeness (QED) is 0.417. The predicted octanol–water partition coefficient (Wildman–Crippen LogP) is 4.79. The highest BCUT2D eigenvalue weighted by molar-refractivity contribution is 5.99. The molecule has 1 aromatic heterocycles. The standard InChI is InChI=1S/C28H34N2O5/c1-6-29(7-2)14-15-30-25(19-11-13-22(33-8-3)23(17-19)34-9-4)24-26(31)20-16-18(5)10-12-21(20)35-27(24)28(30)32/h10-13,16-17,25H,6-9,14-15H2,1-5H3. The largest absolute Gasteiger partial charge is 0.490 e. The number of likely N-dealkylation sites (N-methyl/N-ethyl adjacent to an activating group) is 1. The molecule has 1 atom stereocenters. The van der Waals surface area contributed by atoms with Crippen molar-refractivity contribution in [3.63, 3.8) is 0 Å². The molecule has 0 aliphatic carbocycles. The fourth-order valence-electron chi connectivity index (χ4n) is 4.74. The molecule has 3 aromatic rings. The van der Waals surface area contributed by atoms with E-state index < -0.39 is 6.04 Å². The Morgan fingerprint density at radius 2 is 1.66 bits per heavy atom. The Hall–Kier alpha value is -3.32. The summed E-state index contributed by atoms with van der Waals surface area (Å²) in [5.41, 5.74) is 2.41. The van der Waals surface area contributed by atoms with E-state index in [1.807, 2.05) is 51.1 Å². The minimum atomic E-state index is -0.566. The molecular weight excluding hydrogens is 444 g/mol. The van der Waals surface area contributed by atoms with E-state index in [-0.39, 0.29) is 17.1 Å². The van der Waals surface area contributed by atoms with Gasteiger partial charge in [-0.05, 0) is 63.7 Å². The Morgan fingerprint density at radius 3 is 2.34 bits per heavy atom. The van der Waals surface area contributed by atoms with Crippen molar-refractivity contribution >= 4 is 16.9 Å². The van der Waals surface area contributed by atoms with Gasteiger partial charge in [-0.25, -0.2) is 0 Å². The van der Waals surface area contributed by atoms with E-state index in [0.29, 0.717) is 54.3 Å². The molecule has 0 spiro atoms. The van der Waals surface area contributed by atoms with Gasteiger partial charge in [0.25, 0.3) is 5.91 Å². The zero-order valence-corrected chi connectivity index (χ0v) is 21.2. The van der Waals surface area contributed by atoms with E-state index >= 15 is 0 Å². The van der Waals surface area contributed by atoms with E-state index in [9.17, 15) is 9.59 Å². The van der Waals surface area contributed by atoms with Crippen LogP contribution in [-0.2, 0) is 0 Å². The van der Waals surface area contributed by atoms with Crippen LogP contribution in [0.1, 0.15) is 61.0 Å². The Balaban J connectivity index is 1.88. The summed E-state index contributed by atoms with van der Waals surface area (Å²) in [5.74, 6) is 1.10. The van der Waals surface area contributed by atoms with Crippen LogP contribution in [0.3, 0.4) is 0 Å². The summed E-state index contributed by atoms with van der Waals surface area (Å²) in [5, 5.41) is 0.489. The maximum Gasteiger partial charge on any atom is 0.290 e. The van der Waals surface area contributed by atoms with Crippen LogP contribution < -0.4 is 14.9 Å². The summed E-state index contributed by atoms with van der Waals surface area (Å²) in [7, 11) is 0. The fourth-order valence-corrected chi connectivity index (χ4v) is 4.74. The van der Waals surface area contributed by atoms with Gasteiger partial charge in [0.05, 0.1) is 30.2 Å². The van der Waals surface area contributed by atoms with Gasteiger partial charge in [-0.2, -0.15) is 0 Å². The summed E-state index contributed by atoms with van der Waals surface area (Å²) in [6.07, 6.45) is 0. The summed E-state index contributed by atoms with van der Waals surface area (Å²) in [6.45, 7) is 13.9. The zero-order chi connectivity index (χ0) is 25.1. The van der Waals surface area contributed by atoms with Crippen LogP contribution in [0, 0.1) is 6.92 Å². The molecule has 0 radical (unpaired) electrons. The molecule has 186 valence electrons.